The summed E-state index contributed by atoms with van der Waals surface area (Å²) in [5.74, 6) is -1.23. The third-order valence-electron chi connectivity index (χ3n) is 6.91. The zero-order chi connectivity index (χ0) is 31.8. The molecule has 0 aliphatic carbocycles. The first-order valence-electron chi connectivity index (χ1n) is 16.3. The molecular formula is C36H51NO7. The smallest absolute Gasteiger partial charge is 0.374 e. The molecule has 44 heavy (non-hydrogen) atoms. The van der Waals surface area contributed by atoms with Crippen molar-refractivity contribution in [3.63, 3.8) is 0 Å². The molecule has 2 aromatic rings. The van der Waals surface area contributed by atoms with Crippen molar-refractivity contribution in [3.8, 4) is 11.5 Å². The van der Waals surface area contributed by atoms with Gasteiger partial charge in [0.25, 0.3) is 5.91 Å². The molecule has 0 atom stereocenters. The first-order chi connectivity index (χ1) is 21.5. The van der Waals surface area contributed by atoms with Crippen molar-refractivity contribution >= 4 is 23.5 Å². The number of ether oxygens (including phenoxy) is 4. The first-order valence-corrected chi connectivity index (χ1v) is 16.3. The third-order valence-corrected chi connectivity index (χ3v) is 6.91. The van der Waals surface area contributed by atoms with Crippen molar-refractivity contribution < 1.29 is 33.3 Å². The maximum Gasteiger partial charge on any atom is 0.374 e. The van der Waals surface area contributed by atoms with Crippen LogP contribution in [0.3, 0.4) is 0 Å². The van der Waals surface area contributed by atoms with Gasteiger partial charge in [0.15, 0.2) is 5.75 Å². The average molecular weight is 610 g/mol. The van der Waals surface area contributed by atoms with E-state index in [1.54, 1.807) is 48.5 Å². The second-order valence-electron chi connectivity index (χ2n) is 10.8. The zero-order valence-corrected chi connectivity index (χ0v) is 26.9. The number of carbonyl (C=O) groups is 3. The van der Waals surface area contributed by atoms with Gasteiger partial charge in [0, 0.05) is 5.56 Å². The molecule has 0 saturated carbocycles. The molecular weight excluding hydrogens is 558 g/mol. The molecule has 0 unspecified atom stereocenters. The Morgan fingerprint density at radius 2 is 1.23 bits per heavy atom. The minimum Gasteiger partial charge on any atom is -0.494 e. The van der Waals surface area contributed by atoms with Crippen molar-refractivity contribution in [3.05, 3.63) is 65.9 Å². The van der Waals surface area contributed by atoms with E-state index in [0.717, 1.165) is 63.9 Å². The summed E-state index contributed by atoms with van der Waals surface area (Å²) in [4.78, 5) is 38.5. The number of nitrogens with one attached hydrogen (secondary N) is 1. The highest BCUT2D eigenvalue weighted by Crippen LogP contribution is 2.27. The van der Waals surface area contributed by atoms with Gasteiger partial charge in [-0.05, 0) is 55.7 Å². The topological polar surface area (TPSA) is 100 Å². The van der Waals surface area contributed by atoms with E-state index < -0.39 is 11.9 Å². The van der Waals surface area contributed by atoms with E-state index in [9.17, 15) is 14.4 Å². The molecule has 0 aliphatic heterocycles. The number of esters is 2. The van der Waals surface area contributed by atoms with Gasteiger partial charge >= 0.3 is 11.9 Å². The Bertz CT molecular complexity index is 1140. The number of rotatable bonds is 23. The van der Waals surface area contributed by atoms with E-state index in [2.05, 4.69) is 26.1 Å². The molecule has 8 heteroatoms. The molecule has 0 spiro atoms. The van der Waals surface area contributed by atoms with Crippen LogP contribution in [0.4, 0.5) is 5.69 Å². The fourth-order valence-electron chi connectivity index (χ4n) is 4.32. The average Bonchev–Trinajstić information content (AvgIpc) is 3.03. The van der Waals surface area contributed by atoms with Gasteiger partial charge in [-0.15, -0.1) is 0 Å². The monoisotopic (exact) mass is 609 g/mol. The summed E-state index contributed by atoms with van der Waals surface area (Å²) in [6, 6.07) is 13.6. The Morgan fingerprint density at radius 1 is 0.659 bits per heavy atom. The van der Waals surface area contributed by atoms with Gasteiger partial charge in [-0.3, -0.25) is 4.79 Å². The van der Waals surface area contributed by atoms with E-state index >= 15 is 0 Å². The lowest BCUT2D eigenvalue weighted by Gasteiger charge is -2.14. The van der Waals surface area contributed by atoms with Crippen molar-refractivity contribution in [1.29, 1.82) is 0 Å². The van der Waals surface area contributed by atoms with Gasteiger partial charge in [-0.1, -0.05) is 97.1 Å². The lowest BCUT2D eigenvalue weighted by atomic mass is 10.1. The van der Waals surface area contributed by atoms with Crippen LogP contribution in [-0.4, -0.2) is 37.7 Å². The van der Waals surface area contributed by atoms with Gasteiger partial charge in [-0.2, -0.15) is 0 Å². The Hall–Kier alpha value is -3.81. The third kappa shape index (κ3) is 15.1. The number of amides is 1. The van der Waals surface area contributed by atoms with Gasteiger partial charge in [0.05, 0.1) is 31.6 Å². The Labute approximate surface area is 263 Å². The molecule has 0 aliphatic rings. The van der Waals surface area contributed by atoms with Crippen LogP contribution in [0.5, 0.6) is 11.5 Å². The van der Waals surface area contributed by atoms with E-state index in [0.29, 0.717) is 30.0 Å². The molecule has 242 valence electrons. The summed E-state index contributed by atoms with van der Waals surface area (Å²) >= 11 is 0. The second-order valence-corrected chi connectivity index (χ2v) is 10.8. The van der Waals surface area contributed by atoms with Gasteiger partial charge in [0.1, 0.15) is 5.75 Å². The Morgan fingerprint density at radius 3 is 1.89 bits per heavy atom. The Balaban J connectivity index is 2.06. The number of hydrogen-bond acceptors (Lipinski definition) is 7. The van der Waals surface area contributed by atoms with Crippen LogP contribution in [0.25, 0.3) is 0 Å². The minimum atomic E-state index is -0.772. The van der Waals surface area contributed by atoms with E-state index in [1.807, 2.05) is 0 Å². The van der Waals surface area contributed by atoms with Crippen LogP contribution < -0.4 is 14.8 Å². The SMILES string of the molecule is CCCCCCCOc1ccc(C(=O)Nc2ccccc2O/C(=C\C(=O)OCCCCCC)C(=O)OCCCCCC)cc1. The van der Waals surface area contributed by atoms with Gasteiger partial charge in [-0.25, -0.2) is 9.59 Å². The highest BCUT2D eigenvalue weighted by Gasteiger charge is 2.19. The lowest BCUT2D eigenvalue weighted by Crippen LogP contribution is -2.18. The Kier molecular flexibility index (Phi) is 18.8. The predicted octanol–water partition coefficient (Wildman–Crippen LogP) is 8.80. The van der Waals surface area contributed by atoms with Crippen LogP contribution in [-0.2, 0) is 19.1 Å². The van der Waals surface area contributed by atoms with Crippen LogP contribution in [0, 0.1) is 0 Å². The summed E-state index contributed by atoms with van der Waals surface area (Å²) in [7, 11) is 0. The molecule has 0 saturated heterocycles. The maximum absolute atomic E-state index is 13.1. The molecule has 1 amide bonds. The molecule has 1 N–H and O–H groups in total. The normalized spacial score (nSPS) is 11.1. The number of para-hydroxylation sites is 2. The molecule has 8 nitrogen and oxygen atoms in total. The maximum atomic E-state index is 13.1. The lowest BCUT2D eigenvalue weighted by molar-refractivity contribution is -0.143. The molecule has 0 radical (unpaired) electrons. The molecule has 0 aromatic heterocycles. The molecule has 0 fully saturated rings. The van der Waals surface area contributed by atoms with Crippen LogP contribution in [0.2, 0.25) is 0 Å². The van der Waals surface area contributed by atoms with Crippen LogP contribution in [0.1, 0.15) is 115 Å². The summed E-state index contributed by atoms with van der Waals surface area (Å²) < 4.78 is 22.4. The standard InChI is InChI=1S/C36H51NO7/c1-4-7-10-13-18-25-41-30-23-21-29(22-24-30)35(39)37-31-19-14-15-20-32(31)44-33(36(40)43-27-17-12-9-6-3)28-34(38)42-26-16-11-8-5-2/h14-15,19-24,28H,4-13,16-18,25-27H2,1-3H3,(H,37,39)/b33-28-. The van der Waals surface area contributed by atoms with E-state index in [1.165, 1.54) is 19.3 Å². The molecule has 2 rings (SSSR count). The number of hydrogen-bond donors (Lipinski definition) is 1. The van der Waals surface area contributed by atoms with E-state index in [-0.39, 0.29) is 30.6 Å². The summed E-state index contributed by atoms with van der Waals surface area (Å²) in [5.41, 5.74) is 0.767. The summed E-state index contributed by atoms with van der Waals surface area (Å²) in [6.45, 7) is 7.51. The highest BCUT2D eigenvalue weighted by atomic mass is 16.6. The van der Waals surface area contributed by atoms with Crippen molar-refractivity contribution in [2.45, 2.75) is 104 Å². The summed E-state index contributed by atoms with van der Waals surface area (Å²) in [5, 5.41) is 2.84. The number of unbranched alkanes of at least 4 members (excludes halogenated alkanes) is 10. The van der Waals surface area contributed by atoms with Crippen molar-refractivity contribution in [1.82, 2.24) is 0 Å². The van der Waals surface area contributed by atoms with Crippen LogP contribution >= 0.6 is 0 Å². The fourth-order valence-corrected chi connectivity index (χ4v) is 4.32. The first kappa shape index (κ1) is 36.4. The quantitative estimate of drug-likeness (QED) is 0.0581. The minimum absolute atomic E-state index is 0.189. The van der Waals surface area contributed by atoms with Gasteiger partial charge in [0.2, 0.25) is 5.76 Å². The van der Waals surface area contributed by atoms with Crippen molar-refractivity contribution in [2.24, 2.45) is 0 Å². The van der Waals surface area contributed by atoms with Crippen molar-refractivity contribution in [2.75, 3.05) is 25.1 Å². The molecule has 0 heterocycles. The predicted molar refractivity (Wildman–Crippen MR) is 174 cm³/mol. The fraction of sp³-hybridized carbons (Fsp3) is 0.528. The zero-order valence-electron chi connectivity index (χ0n) is 26.9. The number of carbonyl (C=O) groups excluding carboxylic acids is 3. The molecule has 0 bridgehead atoms. The summed E-state index contributed by atoms with van der Waals surface area (Å²) in [6.07, 6.45) is 14.4. The second kappa shape index (κ2) is 22.7. The molecule has 2 aromatic carbocycles. The number of benzene rings is 2. The highest BCUT2D eigenvalue weighted by molar-refractivity contribution is 6.05. The van der Waals surface area contributed by atoms with Gasteiger partial charge < -0.3 is 24.3 Å². The van der Waals surface area contributed by atoms with E-state index in [4.69, 9.17) is 18.9 Å². The number of anilines is 1. The van der Waals surface area contributed by atoms with Crippen LogP contribution in [0.15, 0.2) is 60.4 Å². The largest absolute Gasteiger partial charge is 0.494 e.